The van der Waals surface area contributed by atoms with Gasteiger partial charge in [-0.05, 0) is 12.8 Å². The second-order valence-corrected chi connectivity index (χ2v) is 3.85. The third-order valence-electron chi connectivity index (χ3n) is 2.43. The Morgan fingerprint density at radius 3 is 2.23 bits per heavy atom. The van der Waals surface area contributed by atoms with E-state index in [4.69, 9.17) is 0 Å². The zero-order valence-corrected chi connectivity index (χ0v) is 9.10. The lowest BCUT2D eigenvalue weighted by Crippen LogP contribution is -2.05. The van der Waals surface area contributed by atoms with E-state index in [-0.39, 0.29) is 6.10 Å². The Bertz CT molecular complexity index is 91.1. The molecule has 1 radical (unpaired) electrons. The van der Waals surface area contributed by atoms with Crippen molar-refractivity contribution in [3.8, 4) is 0 Å². The molecule has 0 aliphatic carbocycles. The molecule has 1 heteroatoms. The zero-order chi connectivity index (χ0) is 9.94. The summed E-state index contributed by atoms with van der Waals surface area (Å²) in [5.41, 5.74) is 0. The average Bonchev–Trinajstić information content (AvgIpc) is 2.14. The molecule has 0 aliphatic heterocycles. The number of hydrogen-bond acceptors (Lipinski definition) is 1. The van der Waals surface area contributed by atoms with Gasteiger partial charge in [0, 0.05) is 0 Å². The van der Waals surface area contributed by atoms with Gasteiger partial charge in [-0.25, -0.2) is 0 Å². The standard InChI is InChI=1S/C12H25O/c1-3-5-7-8-9-11-12(13)10-6-4-2/h12-13H,2-11H2,1H3. The van der Waals surface area contributed by atoms with Gasteiger partial charge in [0.1, 0.15) is 0 Å². The largest absolute Gasteiger partial charge is 0.393 e. The molecule has 0 fully saturated rings. The Morgan fingerprint density at radius 2 is 1.62 bits per heavy atom. The molecule has 0 aliphatic rings. The van der Waals surface area contributed by atoms with Gasteiger partial charge in [-0.1, -0.05) is 58.8 Å². The molecule has 0 saturated heterocycles. The molecule has 0 amide bonds. The fraction of sp³-hybridized carbons (Fsp3) is 0.917. The topological polar surface area (TPSA) is 20.2 Å². The summed E-state index contributed by atoms with van der Waals surface area (Å²) in [5, 5.41) is 9.51. The van der Waals surface area contributed by atoms with Crippen LogP contribution in [0.25, 0.3) is 0 Å². The molecule has 1 nitrogen and oxygen atoms in total. The van der Waals surface area contributed by atoms with Crippen LogP contribution < -0.4 is 0 Å². The highest BCUT2D eigenvalue weighted by Gasteiger charge is 2.01. The molecule has 0 rings (SSSR count). The number of aliphatic hydroxyl groups excluding tert-OH is 1. The molecule has 0 saturated carbocycles. The number of unbranched alkanes of at least 4 members (excludes halogenated alkanes) is 5. The summed E-state index contributed by atoms with van der Waals surface area (Å²) in [6.45, 7) is 5.99. The van der Waals surface area contributed by atoms with Crippen molar-refractivity contribution >= 4 is 0 Å². The Labute approximate surface area is 83.5 Å². The molecule has 0 aromatic carbocycles. The average molecular weight is 185 g/mol. The highest BCUT2D eigenvalue weighted by molar-refractivity contribution is 4.57. The fourth-order valence-corrected chi connectivity index (χ4v) is 1.51. The van der Waals surface area contributed by atoms with E-state index in [0.29, 0.717) is 0 Å². The molecule has 0 heterocycles. The maximum absolute atomic E-state index is 9.51. The molecule has 1 N–H and O–H groups in total. The van der Waals surface area contributed by atoms with Gasteiger partial charge in [0.25, 0.3) is 0 Å². The van der Waals surface area contributed by atoms with Crippen LogP contribution in [0.15, 0.2) is 0 Å². The van der Waals surface area contributed by atoms with Crippen molar-refractivity contribution < 1.29 is 5.11 Å². The van der Waals surface area contributed by atoms with Crippen LogP contribution in [-0.2, 0) is 0 Å². The van der Waals surface area contributed by atoms with Gasteiger partial charge in [-0.2, -0.15) is 0 Å². The first-order chi connectivity index (χ1) is 6.31. The Balaban J connectivity index is 3.03. The first kappa shape index (κ1) is 13.0. The fourth-order valence-electron chi connectivity index (χ4n) is 1.51. The Hall–Kier alpha value is -0.0400. The molecule has 79 valence electrons. The molecule has 0 spiro atoms. The molecule has 0 aromatic rings. The SMILES string of the molecule is [CH2]CCCC(O)CCCCCCC. The van der Waals surface area contributed by atoms with E-state index < -0.39 is 0 Å². The second kappa shape index (κ2) is 10.0. The molecular weight excluding hydrogens is 160 g/mol. The van der Waals surface area contributed by atoms with Gasteiger partial charge in [-0.15, -0.1) is 0 Å². The Morgan fingerprint density at radius 1 is 1.00 bits per heavy atom. The van der Waals surface area contributed by atoms with E-state index in [0.717, 1.165) is 25.7 Å². The molecule has 0 aromatic heterocycles. The van der Waals surface area contributed by atoms with E-state index in [1.165, 1.54) is 32.1 Å². The van der Waals surface area contributed by atoms with Gasteiger partial charge < -0.3 is 5.11 Å². The summed E-state index contributed by atoms with van der Waals surface area (Å²) in [5.74, 6) is 0. The summed E-state index contributed by atoms with van der Waals surface area (Å²) in [6.07, 6.45) is 10.3. The van der Waals surface area contributed by atoms with Crippen molar-refractivity contribution in [2.24, 2.45) is 0 Å². The van der Waals surface area contributed by atoms with Crippen molar-refractivity contribution in [1.82, 2.24) is 0 Å². The maximum Gasteiger partial charge on any atom is 0.0540 e. The monoisotopic (exact) mass is 185 g/mol. The highest BCUT2D eigenvalue weighted by atomic mass is 16.3. The first-order valence-electron chi connectivity index (χ1n) is 5.78. The predicted molar refractivity (Wildman–Crippen MR) is 58.6 cm³/mol. The minimum Gasteiger partial charge on any atom is -0.393 e. The summed E-state index contributed by atoms with van der Waals surface area (Å²) in [4.78, 5) is 0. The van der Waals surface area contributed by atoms with Crippen LogP contribution in [0.3, 0.4) is 0 Å². The van der Waals surface area contributed by atoms with E-state index in [9.17, 15) is 5.11 Å². The number of aliphatic hydroxyl groups is 1. The molecule has 1 atom stereocenters. The smallest absolute Gasteiger partial charge is 0.0540 e. The molecule has 0 bridgehead atoms. The van der Waals surface area contributed by atoms with Gasteiger partial charge in [0.2, 0.25) is 0 Å². The van der Waals surface area contributed by atoms with Crippen LogP contribution >= 0.6 is 0 Å². The van der Waals surface area contributed by atoms with Crippen molar-refractivity contribution in [2.75, 3.05) is 0 Å². The normalized spacial score (nSPS) is 13.2. The van der Waals surface area contributed by atoms with Gasteiger partial charge in [0.15, 0.2) is 0 Å². The van der Waals surface area contributed by atoms with Crippen LogP contribution in [-0.4, -0.2) is 11.2 Å². The molecule has 13 heavy (non-hydrogen) atoms. The van der Waals surface area contributed by atoms with Crippen LogP contribution in [0.1, 0.15) is 64.7 Å². The van der Waals surface area contributed by atoms with E-state index >= 15 is 0 Å². The highest BCUT2D eigenvalue weighted by Crippen LogP contribution is 2.10. The lowest BCUT2D eigenvalue weighted by Gasteiger charge is -2.08. The van der Waals surface area contributed by atoms with Crippen molar-refractivity contribution in [1.29, 1.82) is 0 Å². The van der Waals surface area contributed by atoms with Crippen molar-refractivity contribution in [3.05, 3.63) is 6.92 Å². The minimum atomic E-state index is -0.0663. The summed E-state index contributed by atoms with van der Waals surface area (Å²) < 4.78 is 0. The van der Waals surface area contributed by atoms with E-state index in [1.807, 2.05) is 0 Å². The van der Waals surface area contributed by atoms with Gasteiger partial charge >= 0.3 is 0 Å². The molecular formula is C12H25O. The van der Waals surface area contributed by atoms with Crippen LogP contribution in [0.5, 0.6) is 0 Å². The van der Waals surface area contributed by atoms with Crippen molar-refractivity contribution in [2.45, 2.75) is 70.8 Å². The zero-order valence-electron chi connectivity index (χ0n) is 9.10. The lowest BCUT2D eigenvalue weighted by molar-refractivity contribution is 0.148. The van der Waals surface area contributed by atoms with Crippen LogP contribution in [0, 0.1) is 6.92 Å². The Kier molecular flexibility index (Phi) is 10.0. The van der Waals surface area contributed by atoms with Crippen LogP contribution in [0.2, 0.25) is 0 Å². The molecule has 1 unspecified atom stereocenters. The minimum absolute atomic E-state index is 0.0663. The van der Waals surface area contributed by atoms with Gasteiger partial charge in [0.05, 0.1) is 6.10 Å². The maximum atomic E-state index is 9.51. The van der Waals surface area contributed by atoms with E-state index in [2.05, 4.69) is 13.8 Å². The quantitative estimate of drug-likeness (QED) is 0.543. The van der Waals surface area contributed by atoms with Gasteiger partial charge in [-0.3, -0.25) is 0 Å². The number of rotatable bonds is 9. The summed E-state index contributed by atoms with van der Waals surface area (Å²) in [6, 6.07) is 0. The predicted octanol–water partition coefficient (Wildman–Crippen LogP) is 3.71. The van der Waals surface area contributed by atoms with Crippen molar-refractivity contribution in [3.63, 3.8) is 0 Å². The number of hydrogen-bond donors (Lipinski definition) is 1. The van der Waals surface area contributed by atoms with Crippen LogP contribution in [0.4, 0.5) is 0 Å². The third kappa shape index (κ3) is 9.88. The third-order valence-corrected chi connectivity index (χ3v) is 2.43. The lowest BCUT2D eigenvalue weighted by atomic mass is 10.0. The summed E-state index contributed by atoms with van der Waals surface area (Å²) >= 11 is 0. The first-order valence-corrected chi connectivity index (χ1v) is 5.78. The van der Waals surface area contributed by atoms with E-state index in [1.54, 1.807) is 0 Å². The summed E-state index contributed by atoms with van der Waals surface area (Å²) in [7, 11) is 0. The second-order valence-electron chi connectivity index (χ2n) is 3.85.